The van der Waals surface area contributed by atoms with Crippen LogP contribution in [-0.2, 0) is 3.07 Å². The largest absolute Gasteiger partial charge is 0.312 e. The van der Waals surface area contributed by atoms with Crippen molar-refractivity contribution in [3.8, 4) is 0 Å². The van der Waals surface area contributed by atoms with Crippen LogP contribution in [0.5, 0.6) is 0 Å². The predicted octanol–water partition coefficient (Wildman–Crippen LogP) is 0.932. The Morgan fingerprint density at radius 3 is 2.54 bits per heavy atom. The van der Waals surface area contributed by atoms with Gasteiger partial charge in [-0.25, -0.2) is 0 Å². The van der Waals surface area contributed by atoms with Gasteiger partial charge in [-0.3, -0.25) is 4.90 Å². The Morgan fingerprint density at radius 1 is 1.38 bits per heavy atom. The van der Waals surface area contributed by atoms with Crippen LogP contribution in [0.1, 0.15) is 19.3 Å². The maximum absolute atomic E-state index is 5.26. The summed E-state index contributed by atoms with van der Waals surface area (Å²) in [4.78, 5) is 2.61. The molecule has 0 aromatic rings. The molecule has 3 fully saturated rings. The molecule has 2 aliphatic heterocycles. The summed E-state index contributed by atoms with van der Waals surface area (Å²) in [5, 5.41) is 3.54. The van der Waals surface area contributed by atoms with E-state index in [1.807, 2.05) is 23.0 Å². The lowest BCUT2D eigenvalue weighted by molar-refractivity contribution is -0.0758. The van der Waals surface area contributed by atoms with Gasteiger partial charge in [0.1, 0.15) is 23.0 Å². The van der Waals surface area contributed by atoms with Gasteiger partial charge in [0, 0.05) is 24.7 Å². The van der Waals surface area contributed by atoms with Crippen LogP contribution in [0.15, 0.2) is 0 Å². The SMILES string of the molecule is IOC1CC(N2CC3(CCN3)C2)C1. The van der Waals surface area contributed by atoms with E-state index in [2.05, 4.69) is 10.2 Å². The third-order valence-electron chi connectivity index (χ3n) is 3.83. The Bertz CT molecular complexity index is 206. The molecule has 3 rings (SSSR count). The molecule has 4 heteroatoms. The molecule has 0 aromatic carbocycles. The van der Waals surface area contributed by atoms with Gasteiger partial charge < -0.3 is 8.38 Å². The highest BCUT2D eigenvalue weighted by molar-refractivity contribution is 14.1. The first-order valence-corrected chi connectivity index (χ1v) is 5.96. The van der Waals surface area contributed by atoms with Crippen LogP contribution >= 0.6 is 23.0 Å². The van der Waals surface area contributed by atoms with Crippen molar-refractivity contribution in [1.29, 1.82) is 0 Å². The number of rotatable bonds is 2. The van der Waals surface area contributed by atoms with Gasteiger partial charge in [-0.05, 0) is 25.8 Å². The van der Waals surface area contributed by atoms with Crippen molar-refractivity contribution in [2.75, 3.05) is 19.6 Å². The number of hydrogen-bond donors (Lipinski definition) is 1. The van der Waals surface area contributed by atoms with Gasteiger partial charge in [-0.2, -0.15) is 0 Å². The second kappa shape index (κ2) is 3.05. The molecule has 0 unspecified atom stereocenters. The highest BCUT2D eigenvalue weighted by atomic mass is 127. The Morgan fingerprint density at radius 2 is 2.08 bits per heavy atom. The minimum atomic E-state index is 0.538. The molecule has 0 bridgehead atoms. The first-order chi connectivity index (χ1) is 6.31. The molecule has 2 heterocycles. The molecule has 0 aromatic heterocycles. The Kier molecular flexibility index (Phi) is 2.08. The molecular weight excluding hydrogens is 279 g/mol. The van der Waals surface area contributed by atoms with E-state index in [1.165, 1.54) is 38.9 Å². The summed E-state index contributed by atoms with van der Waals surface area (Å²) in [5.41, 5.74) is 0.552. The first kappa shape index (κ1) is 8.88. The Balaban J connectivity index is 1.45. The number of nitrogens with zero attached hydrogens (tertiary/aromatic N) is 1. The maximum Gasteiger partial charge on any atom is 0.110 e. The molecule has 1 spiro atoms. The maximum atomic E-state index is 5.26. The van der Waals surface area contributed by atoms with Gasteiger partial charge >= 0.3 is 0 Å². The zero-order valence-electron chi connectivity index (χ0n) is 7.63. The van der Waals surface area contributed by atoms with E-state index in [0.717, 1.165) is 6.04 Å². The van der Waals surface area contributed by atoms with Gasteiger partial charge in [-0.1, -0.05) is 0 Å². The molecule has 0 atom stereocenters. The number of hydrogen-bond acceptors (Lipinski definition) is 3. The number of likely N-dealkylation sites (tertiary alicyclic amines) is 1. The standard InChI is InChI=1S/C9H15IN2O/c10-13-8-3-7(4-8)12-5-9(6-12)1-2-11-9/h7-8,11H,1-6H2. The highest BCUT2D eigenvalue weighted by Gasteiger charge is 2.51. The Hall–Kier alpha value is 0.610. The molecule has 2 saturated heterocycles. The van der Waals surface area contributed by atoms with E-state index in [4.69, 9.17) is 3.07 Å². The van der Waals surface area contributed by atoms with Crippen molar-refractivity contribution in [3.05, 3.63) is 0 Å². The molecular formula is C9H15IN2O. The number of halogens is 1. The Labute approximate surface area is 92.9 Å². The molecule has 13 heavy (non-hydrogen) atoms. The molecule has 0 radical (unpaired) electrons. The number of nitrogens with one attached hydrogen (secondary N) is 1. The van der Waals surface area contributed by atoms with Crippen LogP contribution in [0.2, 0.25) is 0 Å². The van der Waals surface area contributed by atoms with Crippen LogP contribution in [-0.4, -0.2) is 42.2 Å². The smallest absolute Gasteiger partial charge is 0.110 e. The fourth-order valence-corrected chi connectivity index (χ4v) is 3.06. The summed E-state index contributed by atoms with van der Waals surface area (Å²) in [6, 6.07) is 0.827. The van der Waals surface area contributed by atoms with Crippen LogP contribution in [0.25, 0.3) is 0 Å². The summed E-state index contributed by atoms with van der Waals surface area (Å²) >= 11 is 2.02. The minimum absolute atomic E-state index is 0.538. The molecule has 1 N–H and O–H groups in total. The second-order valence-corrected chi connectivity index (χ2v) is 5.21. The lowest BCUT2D eigenvalue weighted by Crippen LogP contribution is -2.78. The molecule has 1 aliphatic carbocycles. The summed E-state index contributed by atoms with van der Waals surface area (Å²) < 4.78 is 5.26. The van der Waals surface area contributed by atoms with E-state index >= 15 is 0 Å². The molecule has 74 valence electrons. The van der Waals surface area contributed by atoms with E-state index in [0.29, 0.717) is 11.6 Å². The van der Waals surface area contributed by atoms with Gasteiger partial charge in [0.15, 0.2) is 0 Å². The van der Waals surface area contributed by atoms with Crippen molar-refractivity contribution in [2.24, 2.45) is 0 Å². The van der Waals surface area contributed by atoms with E-state index < -0.39 is 0 Å². The van der Waals surface area contributed by atoms with Gasteiger partial charge in [-0.15, -0.1) is 0 Å². The summed E-state index contributed by atoms with van der Waals surface area (Å²) in [6.07, 6.45) is 4.43. The van der Waals surface area contributed by atoms with Gasteiger partial charge in [0.25, 0.3) is 0 Å². The molecule has 0 amide bonds. The topological polar surface area (TPSA) is 24.5 Å². The zero-order valence-corrected chi connectivity index (χ0v) is 9.79. The monoisotopic (exact) mass is 294 g/mol. The van der Waals surface area contributed by atoms with E-state index in [-0.39, 0.29) is 0 Å². The molecule has 3 aliphatic rings. The molecule has 1 saturated carbocycles. The van der Waals surface area contributed by atoms with E-state index in [9.17, 15) is 0 Å². The van der Waals surface area contributed by atoms with Crippen molar-refractivity contribution >= 4 is 23.0 Å². The summed E-state index contributed by atoms with van der Waals surface area (Å²) in [7, 11) is 0. The second-order valence-electron chi connectivity index (χ2n) is 4.70. The summed E-state index contributed by atoms with van der Waals surface area (Å²) in [5.74, 6) is 0. The van der Waals surface area contributed by atoms with Crippen LogP contribution in [0.4, 0.5) is 0 Å². The van der Waals surface area contributed by atoms with Crippen molar-refractivity contribution in [2.45, 2.75) is 36.9 Å². The quantitative estimate of drug-likeness (QED) is 0.767. The fourth-order valence-electron chi connectivity index (χ4n) is 2.65. The van der Waals surface area contributed by atoms with Crippen LogP contribution in [0, 0.1) is 0 Å². The third-order valence-corrected chi connectivity index (χ3v) is 4.55. The minimum Gasteiger partial charge on any atom is -0.312 e. The van der Waals surface area contributed by atoms with Gasteiger partial charge in [0.2, 0.25) is 0 Å². The van der Waals surface area contributed by atoms with Gasteiger partial charge in [0.05, 0.1) is 6.10 Å². The van der Waals surface area contributed by atoms with Crippen molar-refractivity contribution in [3.63, 3.8) is 0 Å². The predicted molar refractivity (Wildman–Crippen MR) is 58.8 cm³/mol. The normalized spacial score (nSPS) is 42.2. The fraction of sp³-hybridized carbons (Fsp3) is 1.00. The average molecular weight is 294 g/mol. The highest BCUT2D eigenvalue weighted by Crippen LogP contribution is 2.38. The van der Waals surface area contributed by atoms with Crippen molar-refractivity contribution in [1.82, 2.24) is 10.2 Å². The van der Waals surface area contributed by atoms with Crippen LogP contribution in [0.3, 0.4) is 0 Å². The molecule has 3 nitrogen and oxygen atoms in total. The summed E-state index contributed by atoms with van der Waals surface area (Å²) in [6.45, 7) is 3.80. The third kappa shape index (κ3) is 1.33. The van der Waals surface area contributed by atoms with Crippen LogP contribution < -0.4 is 5.32 Å². The zero-order chi connectivity index (χ0) is 8.89. The lowest BCUT2D eigenvalue weighted by atomic mass is 9.76. The average Bonchev–Trinajstić information content (AvgIpc) is 1.86. The van der Waals surface area contributed by atoms with E-state index in [1.54, 1.807) is 0 Å². The lowest BCUT2D eigenvalue weighted by Gasteiger charge is -2.60. The van der Waals surface area contributed by atoms with Crippen molar-refractivity contribution < 1.29 is 3.07 Å². The first-order valence-electron chi connectivity index (χ1n) is 5.08.